The van der Waals surface area contributed by atoms with Crippen molar-refractivity contribution in [2.24, 2.45) is 5.92 Å². The van der Waals surface area contributed by atoms with Gasteiger partial charge in [0, 0.05) is 36.4 Å². The quantitative estimate of drug-likeness (QED) is 0.224. The zero-order chi connectivity index (χ0) is 23.0. The molecule has 0 unspecified atom stereocenters. The van der Waals surface area contributed by atoms with E-state index in [4.69, 9.17) is 0 Å². The molecule has 10 nitrogen and oxygen atoms in total. The van der Waals surface area contributed by atoms with E-state index in [1.54, 1.807) is 6.07 Å². The number of allylic oxidation sites excluding steroid dienone is 2. The van der Waals surface area contributed by atoms with Gasteiger partial charge in [-0.25, -0.2) is 0 Å². The van der Waals surface area contributed by atoms with Crippen molar-refractivity contribution < 1.29 is 24.2 Å². The van der Waals surface area contributed by atoms with Crippen molar-refractivity contribution in [2.75, 3.05) is 0 Å². The highest BCUT2D eigenvalue weighted by molar-refractivity contribution is 6.16. The van der Waals surface area contributed by atoms with Gasteiger partial charge in [0.1, 0.15) is 5.92 Å². The van der Waals surface area contributed by atoms with Gasteiger partial charge in [-0.05, 0) is 42.0 Å². The molecule has 1 aliphatic heterocycles. The van der Waals surface area contributed by atoms with Crippen LogP contribution in [0.1, 0.15) is 15.9 Å². The van der Waals surface area contributed by atoms with Crippen LogP contribution in [-0.4, -0.2) is 37.8 Å². The van der Waals surface area contributed by atoms with E-state index in [0.717, 1.165) is 0 Å². The molecule has 0 N–H and O–H groups in total. The smallest absolute Gasteiger partial charge is 0.269 e. The van der Waals surface area contributed by atoms with Gasteiger partial charge in [-0.15, -0.1) is 0 Å². The number of amides is 1. The minimum absolute atomic E-state index is 0.00652. The lowest BCUT2D eigenvalue weighted by atomic mass is 9.67. The van der Waals surface area contributed by atoms with Crippen LogP contribution in [0.3, 0.4) is 0 Å². The van der Waals surface area contributed by atoms with E-state index in [1.165, 1.54) is 71.7 Å². The summed E-state index contributed by atoms with van der Waals surface area (Å²) >= 11 is 0. The van der Waals surface area contributed by atoms with E-state index in [2.05, 4.69) is 0 Å². The molecule has 0 radical (unpaired) electrons. The second kappa shape index (κ2) is 7.65. The van der Waals surface area contributed by atoms with Crippen LogP contribution in [0.5, 0.6) is 0 Å². The lowest BCUT2D eigenvalue weighted by Gasteiger charge is -2.54. The SMILES string of the molecule is O=C1C=CC2(C=C1)[C@@H](C(=O)c1ccc([N+](=O)[O-])cc1)C(=O)N2Cc1cccc([N+](=O)[O-])c1. The number of Topliss-reactive ketones (excluding diaryl/α,β-unsaturated/α-hetero) is 1. The molecule has 160 valence electrons. The average Bonchev–Trinajstić information content (AvgIpc) is 2.79. The third-order valence-electron chi connectivity index (χ3n) is 5.56. The van der Waals surface area contributed by atoms with Crippen LogP contribution in [0, 0.1) is 26.1 Å². The van der Waals surface area contributed by atoms with E-state index in [-0.39, 0.29) is 29.3 Å². The normalized spacial score (nSPS) is 18.5. The van der Waals surface area contributed by atoms with Crippen molar-refractivity contribution >= 4 is 28.8 Å². The first-order chi connectivity index (χ1) is 15.2. The molecule has 2 aliphatic rings. The first-order valence-corrected chi connectivity index (χ1v) is 9.49. The first-order valence-electron chi connectivity index (χ1n) is 9.49. The predicted octanol–water partition coefficient (Wildman–Crippen LogP) is 2.78. The van der Waals surface area contributed by atoms with Crippen molar-refractivity contribution in [1.29, 1.82) is 0 Å². The Hall–Kier alpha value is -4.47. The third kappa shape index (κ3) is 3.37. The van der Waals surface area contributed by atoms with Gasteiger partial charge in [0.2, 0.25) is 5.91 Å². The number of benzene rings is 2. The number of β-lactam (4-membered cyclic amide) rings is 1. The Morgan fingerprint density at radius 2 is 1.56 bits per heavy atom. The summed E-state index contributed by atoms with van der Waals surface area (Å²) in [6, 6.07) is 10.7. The largest absolute Gasteiger partial charge is 0.324 e. The van der Waals surface area contributed by atoms with Crippen molar-refractivity contribution in [3.8, 4) is 0 Å². The summed E-state index contributed by atoms with van der Waals surface area (Å²) in [5, 5.41) is 21.9. The zero-order valence-corrected chi connectivity index (χ0v) is 16.4. The van der Waals surface area contributed by atoms with Crippen LogP contribution >= 0.6 is 0 Å². The summed E-state index contributed by atoms with van der Waals surface area (Å²) in [6.07, 6.45) is 5.48. The van der Waals surface area contributed by atoms with Crippen LogP contribution < -0.4 is 0 Å². The summed E-state index contributed by atoms with van der Waals surface area (Å²) in [6.45, 7) is -0.00652. The highest BCUT2D eigenvalue weighted by Gasteiger charge is 2.61. The molecule has 32 heavy (non-hydrogen) atoms. The molecule has 2 aromatic carbocycles. The first kappa shape index (κ1) is 20.8. The highest BCUT2D eigenvalue weighted by Crippen LogP contribution is 2.45. The van der Waals surface area contributed by atoms with Crippen LogP contribution in [0.4, 0.5) is 11.4 Å². The summed E-state index contributed by atoms with van der Waals surface area (Å²) in [5.41, 5.74) is -0.914. The molecule has 0 bridgehead atoms. The van der Waals surface area contributed by atoms with Crippen molar-refractivity contribution in [1.82, 2.24) is 4.90 Å². The Bertz CT molecular complexity index is 1210. The average molecular weight is 433 g/mol. The molecule has 1 amide bonds. The maximum Gasteiger partial charge on any atom is 0.269 e. The fourth-order valence-corrected chi connectivity index (χ4v) is 3.95. The second-order valence-electron chi connectivity index (χ2n) is 7.41. The lowest BCUT2D eigenvalue weighted by molar-refractivity contribution is -0.385. The molecular weight excluding hydrogens is 418 g/mol. The van der Waals surface area contributed by atoms with Gasteiger partial charge in [-0.2, -0.15) is 0 Å². The number of carbonyl (C=O) groups excluding carboxylic acids is 3. The second-order valence-corrected chi connectivity index (χ2v) is 7.41. The Balaban J connectivity index is 1.67. The summed E-state index contributed by atoms with van der Waals surface area (Å²) in [4.78, 5) is 60.1. The summed E-state index contributed by atoms with van der Waals surface area (Å²) in [5.74, 6) is -2.51. The van der Waals surface area contributed by atoms with E-state index < -0.39 is 33.0 Å². The maximum absolute atomic E-state index is 13.2. The number of likely N-dealkylation sites (tertiary alicyclic amines) is 1. The number of rotatable bonds is 6. The summed E-state index contributed by atoms with van der Waals surface area (Å²) in [7, 11) is 0. The molecule has 1 heterocycles. The van der Waals surface area contributed by atoms with Crippen LogP contribution in [-0.2, 0) is 16.1 Å². The number of carbonyl (C=O) groups is 3. The van der Waals surface area contributed by atoms with Crippen LogP contribution in [0.25, 0.3) is 0 Å². The van der Waals surface area contributed by atoms with E-state index in [0.29, 0.717) is 5.56 Å². The summed E-state index contributed by atoms with van der Waals surface area (Å²) < 4.78 is 0. The molecule has 0 aromatic heterocycles. The molecule has 1 spiro atoms. The molecule has 2 aromatic rings. The van der Waals surface area contributed by atoms with Gasteiger partial charge in [0.05, 0.1) is 15.4 Å². The molecule has 1 aliphatic carbocycles. The van der Waals surface area contributed by atoms with Gasteiger partial charge in [-0.1, -0.05) is 12.1 Å². The van der Waals surface area contributed by atoms with E-state index >= 15 is 0 Å². The standard InChI is InChI=1S/C22H15N3O7/c26-18-8-10-22(11-9-18)19(20(27)15-4-6-16(7-5-15)24(29)30)21(28)23(22)13-14-2-1-3-17(12-14)25(31)32/h1-12,19H,13H2/t19-/m0/s1. The topological polar surface area (TPSA) is 141 Å². The number of hydrogen-bond donors (Lipinski definition) is 0. The van der Waals surface area contributed by atoms with Crippen molar-refractivity contribution in [2.45, 2.75) is 12.1 Å². The number of nitrogens with zero attached hydrogens (tertiary/aromatic N) is 3. The molecule has 1 atom stereocenters. The number of hydrogen-bond acceptors (Lipinski definition) is 7. The third-order valence-corrected chi connectivity index (χ3v) is 5.56. The van der Waals surface area contributed by atoms with Crippen LogP contribution in [0.2, 0.25) is 0 Å². The number of nitro groups is 2. The predicted molar refractivity (Wildman–Crippen MR) is 111 cm³/mol. The van der Waals surface area contributed by atoms with Gasteiger partial charge < -0.3 is 4.90 Å². The molecule has 10 heteroatoms. The number of non-ortho nitro benzene ring substituents is 2. The van der Waals surface area contributed by atoms with Gasteiger partial charge in [0.15, 0.2) is 11.6 Å². The Morgan fingerprint density at radius 1 is 0.938 bits per heavy atom. The lowest BCUT2D eigenvalue weighted by Crippen LogP contribution is -2.71. The number of ketones is 2. The zero-order valence-electron chi connectivity index (χ0n) is 16.4. The van der Waals surface area contributed by atoms with Crippen LogP contribution in [0.15, 0.2) is 72.8 Å². The van der Waals surface area contributed by atoms with Crippen molar-refractivity contribution in [3.05, 3.63) is 104 Å². The maximum atomic E-state index is 13.2. The molecule has 1 saturated heterocycles. The minimum Gasteiger partial charge on any atom is -0.324 e. The fourth-order valence-electron chi connectivity index (χ4n) is 3.95. The monoisotopic (exact) mass is 433 g/mol. The van der Waals surface area contributed by atoms with Crippen molar-refractivity contribution in [3.63, 3.8) is 0 Å². The molecular formula is C22H15N3O7. The van der Waals surface area contributed by atoms with E-state index in [9.17, 15) is 34.6 Å². The van der Waals surface area contributed by atoms with Gasteiger partial charge in [0.25, 0.3) is 11.4 Å². The van der Waals surface area contributed by atoms with Gasteiger partial charge in [-0.3, -0.25) is 34.6 Å². The Kier molecular flexibility index (Phi) is 4.97. The number of nitro benzene ring substituents is 2. The molecule has 0 saturated carbocycles. The molecule has 4 rings (SSSR count). The Labute approximate surface area is 180 Å². The molecule has 1 fully saturated rings. The minimum atomic E-state index is -1.21. The van der Waals surface area contributed by atoms with Gasteiger partial charge >= 0.3 is 0 Å². The van der Waals surface area contributed by atoms with E-state index in [1.807, 2.05) is 0 Å². The fraction of sp³-hybridized carbons (Fsp3) is 0.136. The highest BCUT2D eigenvalue weighted by atomic mass is 16.6. The Morgan fingerprint density at radius 3 is 2.16 bits per heavy atom.